The normalized spacial score (nSPS) is 20.7. The van der Waals surface area contributed by atoms with Crippen LogP contribution < -0.4 is 0 Å². The Morgan fingerprint density at radius 3 is 2.88 bits per heavy atom. The molecule has 0 spiro atoms. The van der Waals surface area contributed by atoms with Crippen LogP contribution in [0.1, 0.15) is 35.4 Å². The SMILES string of the molecule is Cn1cc(C2CN(C(=O)OCC3CCOCC3)Cc3ccccc32)cn1. The number of aryl methyl sites for hydroxylation is 1. The van der Waals surface area contributed by atoms with Crippen molar-refractivity contribution >= 4 is 6.09 Å². The molecule has 1 aromatic carbocycles. The van der Waals surface area contributed by atoms with Crippen molar-refractivity contribution in [3.8, 4) is 0 Å². The Morgan fingerprint density at radius 1 is 1.31 bits per heavy atom. The average Bonchev–Trinajstić information content (AvgIpc) is 3.12. The van der Waals surface area contributed by atoms with Crippen LogP contribution >= 0.6 is 0 Å². The number of amides is 1. The van der Waals surface area contributed by atoms with Gasteiger partial charge in [0.15, 0.2) is 0 Å². The van der Waals surface area contributed by atoms with E-state index in [1.54, 1.807) is 4.68 Å². The number of ether oxygens (including phenoxy) is 2. The van der Waals surface area contributed by atoms with Gasteiger partial charge in [0, 0.05) is 45.5 Å². The van der Waals surface area contributed by atoms with Gasteiger partial charge in [-0.05, 0) is 35.4 Å². The van der Waals surface area contributed by atoms with E-state index in [-0.39, 0.29) is 12.0 Å². The third-order valence-corrected chi connectivity index (χ3v) is 5.36. The maximum absolute atomic E-state index is 12.7. The second kappa shape index (κ2) is 7.50. The highest BCUT2D eigenvalue weighted by Crippen LogP contribution is 2.33. The summed E-state index contributed by atoms with van der Waals surface area (Å²) in [4.78, 5) is 14.5. The van der Waals surface area contributed by atoms with Crippen LogP contribution in [0.3, 0.4) is 0 Å². The minimum absolute atomic E-state index is 0.129. The van der Waals surface area contributed by atoms with Gasteiger partial charge in [-0.15, -0.1) is 0 Å². The van der Waals surface area contributed by atoms with E-state index < -0.39 is 0 Å². The number of hydrogen-bond acceptors (Lipinski definition) is 4. The molecule has 4 rings (SSSR count). The molecule has 0 N–H and O–H groups in total. The predicted molar refractivity (Wildman–Crippen MR) is 96.8 cm³/mol. The fraction of sp³-hybridized carbons (Fsp3) is 0.500. The lowest BCUT2D eigenvalue weighted by molar-refractivity contribution is 0.0278. The molecule has 2 aromatic rings. The Kier molecular flexibility index (Phi) is 4.93. The zero-order chi connectivity index (χ0) is 17.9. The molecular weight excluding hydrogens is 330 g/mol. The summed E-state index contributed by atoms with van der Waals surface area (Å²) >= 11 is 0. The standard InChI is InChI=1S/C20H25N3O3/c1-22-11-17(10-21-22)19-13-23(12-16-4-2-3-5-18(16)19)20(24)26-14-15-6-8-25-9-7-15/h2-5,10-11,15,19H,6-9,12-14H2,1H3. The van der Waals surface area contributed by atoms with Gasteiger partial charge in [0.05, 0.1) is 12.8 Å². The predicted octanol–water partition coefficient (Wildman–Crippen LogP) is 2.93. The molecule has 0 saturated carbocycles. The maximum Gasteiger partial charge on any atom is 0.410 e. The van der Waals surface area contributed by atoms with Gasteiger partial charge in [-0.25, -0.2) is 4.79 Å². The van der Waals surface area contributed by atoms with Gasteiger partial charge in [-0.1, -0.05) is 24.3 Å². The molecule has 0 radical (unpaired) electrons. The summed E-state index contributed by atoms with van der Waals surface area (Å²) in [5.74, 6) is 0.545. The Hall–Kier alpha value is -2.34. The molecule has 26 heavy (non-hydrogen) atoms. The van der Waals surface area contributed by atoms with Crippen molar-refractivity contribution in [3.05, 3.63) is 53.3 Å². The number of carbonyl (C=O) groups is 1. The third kappa shape index (κ3) is 3.60. The van der Waals surface area contributed by atoms with Crippen molar-refractivity contribution in [3.63, 3.8) is 0 Å². The molecule has 2 aliphatic heterocycles. The number of hydrogen-bond donors (Lipinski definition) is 0. The molecule has 1 saturated heterocycles. The summed E-state index contributed by atoms with van der Waals surface area (Å²) in [5.41, 5.74) is 3.58. The fourth-order valence-electron chi connectivity index (χ4n) is 3.84. The van der Waals surface area contributed by atoms with E-state index in [0.717, 1.165) is 31.6 Å². The number of rotatable bonds is 3. The Bertz CT molecular complexity index is 767. The van der Waals surface area contributed by atoms with Gasteiger partial charge in [-0.2, -0.15) is 5.10 Å². The lowest BCUT2D eigenvalue weighted by Gasteiger charge is -2.34. The van der Waals surface area contributed by atoms with E-state index in [4.69, 9.17) is 9.47 Å². The molecule has 1 atom stereocenters. The van der Waals surface area contributed by atoms with E-state index >= 15 is 0 Å². The lowest BCUT2D eigenvalue weighted by atomic mass is 9.86. The molecule has 3 heterocycles. The molecule has 0 aliphatic carbocycles. The minimum atomic E-state index is -0.222. The Balaban J connectivity index is 1.48. The average molecular weight is 355 g/mol. The molecule has 0 bridgehead atoms. The van der Waals surface area contributed by atoms with Crippen LogP contribution in [0.5, 0.6) is 0 Å². The van der Waals surface area contributed by atoms with Crippen molar-refractivity contribution in [1.29, 1.82) is 0 Å². The highest BCUT2D eigenvalue weighted by Gasteiger charge is 2.31. The fourth-order valence-corrected chi connectivity index (χ4v) is 3.84. The van der Waals surface area contributed by atoms with Crippen molar-refractivity contribution in [2.45, 2.75) is 25.3 Å². The van der Waals surface area contributed by atoms with Crippen LogP contribution in [-0.4, -0.2) is 47.1 Å². The molecule has 6 heteroatoms. The summed E-state index contributed by atoms with van der Waals surface area (Å²) in [6.07, 6.45) is 5.62. The molecule has 1 aromatic heterocycles. The maximum atomic E-state index is 12.7. The second-order valence-electron chi connectivity index (χ2n) is 7.21. The number of benzene rings is 1. The zero-order valence-electron chi connectivity index (χ0n) is 15.1. The number of aromatic nitrogens is 2. The van der Waals surface area contributed by atoms with Crippen LogP contribution in [0.25, 0.3) is 0 Å². The van der Waals surface area contributed by atoms with E-state index in [9.17, 15) is 4.79 Å². The summed E-state index contributed by atoms with van der Waals surface area (Å²) in [6.45, 7) is 3.23. The topological polar surface area (TPSA) is 56.6 Å². The van der Waals surface area contributed by atoms with Crippen molar-refractivity contribution < 1.29 is 14.3 Å². The molecule has 1 amide bonds. The highest BCUT2D eigenvalue weighted by atomic mass is 16.6. The largest absolute Gasteiger partial charge is 0.449 e. The first kappa shape index (κ1) is 17.1. The van der Waals surface area contributed by atoms with Gasteiger partial charge < -0.3 is 14.4 Å². The third-order valence-electron chi connectivity index (χ3n) is 5.36. The van der Waals surface area contributed by atoms with Crippen molar-refractivity contribution in [2.24, 2.45) is 13.0 Å². The first-order valence-electron chi connectivity index (χ1n) is 9.26. The smallest absolute Gasteiger partial charge is 0.410 e. The first-order chi connectivity index (χ1) is 12.7. The van der Waals surface area contributed by atoms with Gasteiger partial charge in [0.1, 0.15) is 0 Å². The molecule has 138 valence electrons. The molecule has 2 aliphatic rings. The van der Waals surface area contributed by atoms with Gasteiger partial charge in [-0.3, -0.25) is 4.68 Å². The van der Waals surface area contributed by atoms with Gasteiger partial charge in [0.25, 0.3) is 0 Å². The monoisotopic (exact) mass is 355 g/mol. The summed E-state index contributed by atoms with van der Waals surface area (Å²) < 4.78 is 12.8. The molecule has 1 unspecified atom stereocenters. The van der Waals surface area contributed by atoms with Crippen LogP contribution in [0.4, 0.5) is 4.79 Å². The van der Waals surface area contributed by atoms with E-state index in [0.29, 0.717) is 25.6 Å². The number of carbonyl (C=O) groups excluding carboxylic acids is 1. The zero-order valence-corrected chi connectivity index (χ0v) is 15.1. The molecular formula is C20H25N3O3. The van der Waals surface area contributed by atoms with Crippen molar-refractivity contribution in [2.75, 3.05) is 26.4 Å². The lowest BCUT2D eigenvalue weighted by Crippen LogP contribution is -2.39. The van der Waals surface area contributed by atoms with Crippen molar-refractivity contribution in [1.82, 2.24) is 14.7 Å². The second-order valence-corrected chi connectivity index (χ2v) is 7.21. The van der Waals surface area contributed by atoms with E-state index in [1.807, 2.05) is 30.4 Å². The Morgan fingerprint density at radius 2 is 2.12 bits per heavy atom. The van der Waals surface area contributed by atoms with Crippen LogP contribution in [-0.2, 0) is 23.1 Å². The highest BCUT2D eigenvalue weighted by molar-refractivity contribution is 5.68. The van der Waals surface area contributed by atoms with Crippen LogP contribution in [0, 0.1) is 5.92 Å². The van der Waals surface area contributed by atoms with E-state index in [1.165, 1.54) is 11.1 Å². The first-order valence-corrected chi connectivity index (χ1v) is 9.26. The van der Waals surface area contributed by atoms with Crippen LogP contribution in [0.15, 0.2) is 36.7 Å². The van der Waals surface area contributed by atoms with Crippen LogP contribution in [0.2, 0.25) is 0 Å². The van der Waals surface area contributed by atoms with Gasteiger partial charge >= 0.3 is 6.09 Å². The molecule has 1 fully saturated rings. The summed E-state index contributed by atoms with van der Waals surface area (Å²) in [6, 6.07) is 8.33. The molecule has 6 nitrogen and oxygen atoms in total. The minimum Gasteiger partial charge on any atom is -0.449 e. The summed E-state index contributed by atoms with van der Waals surface area (Å²) in [5, 5.41) is 4.30. The van der Waals surface area contributed by atoms with E-state index in [2.05, 4.69) is 23.3 Å². The quantitative estimate of drug-likeness (QED) is 0.849. The number of fused-ring (bicyclic) bond motifs is 1. The summed E-state index contributed by atoms with van der Waals surface area (Å²) in [7, 11) is 1.91. The number of nitrogens with zero attached hydrogens (tertiary/aromatic N) is 3. The Labute approximate surface area is 153 Å². The van der Waals surface area contributed by atoms with Gasteiger partial charge in [0.2, 0.25) is 0 Å².